The van der Waals surface area contributed by atoms with Gasteiger partial charge in [-0.2, -0.15) is 0 Å². The minimum Gasteiger partial charge on any atom is -0.367 e. The fraction of sp³-hybridized carbons (Fsp3) is 0.400. The minimum absolute atomic E-state index is 0.116. The number of carbonyl (C=O) groups is 1. The maximum absolute atomic E-state index is 11.6. The maximum Gasteiger partial charge on any atom is 0.241 e. The number of nitrogens with one attached hydrogen (secondary N) is 1. The highest BCUT2D eigenvalue weighted by Crippen LogP contribution is 1.94. The van der Waals surface area contributed by atoms with Crippen LogP contribution in [0.4, 0.5) is 5.95 Å². The van der Waals surface area contributed by atoms with Crippen molar-refractivity contribution in [2.24, 2.45) is 7.05 Å². The Morgan fingerprint density at radius 2 is 2.33 bits per heavy atom. The van der Waals surface area contributed by atoms with Gasteiger partial charge in [-0.25, -0.2) is 14.6 Å². The molecule has 2 aromatic heterocycles. The standard InChI is InChI=1S/C10H15N7O/c1-16-5-4-12-8(16)2-3-13-9(18)6-17-7-14-10(11)15-17/h4-5,7H,2-3,6H2,1H3,(H2,11,15)(H,13,18). The second kappa shape index (κ2) is 5.30. The number of rotatable bonds is 5. The van der Waals surface area contributed by atoms with Gasteiger partial charge in [-0.1, -0.05) is 0 Å². The number of nitrogens with zero attached hydrogens (tertiary/aromatic N) is 5. The molecule has 0 spiro atoms. The number of hydrogen-bond acceptors (Lipinski definition) is 5. The van der Waals surface area contributed by atoms with E-state index in [1.165, 1.54) is 11.0 Å². The average molecular weight is 249 g/mol. The van der Waals surface area contributed by atoms with Crippen molar-refractivity contribution in [2.75, 3.05) is 12.3 Å². The van der Waals surface area contributed by atoms with Crippen molar-refractivity contribution in [3.05, 3.63) is 24.5 Å². The van der Waals surface area contributed by atoms with Crippen LogP contribution in [0.3, 0.4) is 0 Å². The van der Waals surface area contributed by atoms with Crippen LogP contribution in [0, 0.1) is 0 Å². The first kappa shape index (κ1) is 12.1. The van der Waals surface area contributed by atoms with E-state index in [0.717, 1.165) is 5.82 Å². The summed E-state index contributed by atoms with van der Waals surface area (Å²) in [5.41, 5.74) is 5.35. The van der Waals surface area contributed by atoms with E-state index in [0.29, 0.717) is 13.0 Å². The zero-order valence-corrected chi connectivity index (χ0v) is 10.1. The quantitative estimate of drug-likeness (QED) is 0.704. The summed E-state index contributed by atoms with van der Waals surface area (Å²) in [6.07, 6.45) is 5.72. The third-order valence-corrected chi connectivity index (χ3v) is 2.45. The molecule has 1 amide bonds. The number of hydrogen-bond donors (Lipinski definition) is 2. The van der Waals surface area contributed by atoms with Gasteiger partial charge >= 0.3 is 0 Å². The lowest BCUT2D eigenvalue weighted by molar-refractivity contribution is -0.121. The molecule has 0 bridgehead atoms. The van der Waals surface area contributed by atoms with E-state index in [1.807, 2.05) is 17.8 Å². The van der Waals surface area contributed by atoms with Crippen molar-refractivity contribution < 1.29 is 4.79 Å². The maximum atomic E-state index is 11.6. The van der Waals surface area contributed by atoms with E-state index in [2.05, 4.69) is 20.4 Å². The van der Waals surface area contributed by atoms with Gasteiger partial charge in [0.25, 0.3) is 0 Å². The summed E-state index contributed by atoms with van der Waals surface area (Å²) in [6.45, 7) is 0.651. The van der Waals surface area contributed by atoms with Gasteiger partial charge in [-0.05, 0) is 0 Å². The molecule has 8 nitrogen and oxygen atoms in total. The molecule has 0 aliphatic rings. The monoisotopic (exact) mass is 249 g/mol. The van der Waals surface area contributed by atoms with Gasteiger partial charge in [0.1, 0.15) is 18.7 Å². The number of imidazole rings is 1. The van der Waals surface area contributed by atoms with Crippen LogP contribution < -0.4 is 11.1 Å². The molecular formula is C10H15N7O. The Hall–Kier alpha value is -2.38. The molecular weight excluding hydrogens is 234 g/mol. The van der Waals surface area contributed by atoms with Crippen molar-refractivity contribution in [3.63, 3.8) is 0 Å². The summed E-state index contributed by atoms with van der Waals surface area (Å²) < 4.78 is 3.32. The summed E-state index contributed by atoms with van der Waals surface area (Å²) in [7, 11) is 1.92. The molecule has 8 heteroatoms. The topological polar surface area (TPSA) is 104 Å². The highest BCUT2D eigenvalue weighted by molar-refractivity contribution is 5.75. The molecule has 0 aliphatic carbocycles. The normalized spacial score (nSPS) is 10.5. The first-order valence-electron chi connectivity index (χ1n) is 5.53. The largest absolute Gasteiger partial charge is 0.367 e. The molecule has 18 heavy (non-hydrogen) atoms. The molecule has 3 N–H and O–H groups in total. The zero-order valence-electron chi connectivity index (χ0n) is 10.1. The molecule has 0 aliphatic heterocycles. The van der Waals surface area contributed by atoms with Crippen LogP contribution in [0.5, 0.6) is 0 Å². The highest BCUT2D eigenvalue weighted by atomic mass is 16.2. The van der Waals surface area contributed by atoms with Crippen LogP contribution in [-0.4, -0.2) is 36.8 Å². The van der Waals surface area contributed by atoms with Crippen LogP contribution in [0.1, 0.15) is 5.82 Å². The molecule has 96 valence electrons. The minimum atomic E-state index is -0.130. The van der Waals surface area contributed by atoms with Crippen molar-refractivity contribution in [1.29, 1.82) is 0 Å². The second-order valence-corrected chi connectivity index (χ2v) is 3.85. The van der Waals surface area contributed by atoms with Crippen molar-refractivity contribution in [2.45, 2.75) is 13.0 Å². The Kier molecular flexibility index (Phi) is 3.56. The van der Waals surface area contributed by atoms with E-state index in [1.54, 1.807) is 6.20 Å². The molecule has 2 aromatic rings. The Morgan fingerprint density at radius 3 is 2.94 bits per heavy atom. The summed E-state index contributed by atoms with van der Waals surface area (Å²) in [6, 6.07) is 0. The Morgan fingerprint density at radius 1 is 1.50 bits per heavy atom. The lowest BCUT2D eigenvalue weighted by atomic mass is 10.4. The van der Waals surface area contributed by atoms with Crippen molar-refractivity contribution >= 4 is 11.9 Å². The van der Waals surface area contributed by atoms with Gasteiger partial charge in [0.2, 0.25) is 11.9 Å². The molecule has 0 aromatic carbocycles. The Bertz CT molecular complexity index is 530. The van der Waals surface area contributed by atoms with Crippen LogP contribution in [0.2, 0.25) is 0 Å². The predicted molar refractivity (Wildman–Crippen MR) is 64.4 cm³/mol. The summed E-state index contributed by atoms with van der Waals surface area (Å²) in [5, 5.41) is 6.61. The van der Waals surface area contributed by atoms with E-state index in [-0.39, 0.29) is 18.4 Å². The van der Waals surface area contributed by atoms with Gasteiger partial charge in [-0.3, -0.25) is 4.79 Å². The molecule has 0 saturated heterocycles. The van der Waals surface area contributed by atoms with E-state index >= 15 is 0 Å². The SMILES string of the molecule is Cn1ccnc1CCNC(=O)Cn1cnc(N)n1. The van der Waals surface area contributed by atoms with Gasteiger partial charge in [-0.15, -0.1) is 5.10 Å². The fourth-order valence-electron chi connectivity index (χ4n) is 1.54. The average Bonchev–Trinajstić information content (AvgIpc) is 2.89. The molecule has 0 atom stereocenters. The number of nitrogen functional groups attached to an aromatic ring is 1. The third-order valence-electron chi connectivity index (χ3n) is 2.45. The lowest BCUT2D eigenvalue weighted by Gasteiger charge is -2.05. The summed E-state index contributed by atoms with van der Waals surface area (Å²) in [5.74, 6) is 0.963. The summed E-state index contributed by atoms with van der Waals surface area (Å²) in [4.78, 5) is 19.5. The van der Waals surface area contributed by atoms with E-state index < -0.39 is 0 Å². The Balaban J connectivity index is 1.74. The Labute approximate surface area is 104 Å². The van der Waals surface area contributed by atoms with Crippen molar-refractivity contribution in [1.82, 2.24) is 29.6 Å². The summed E-state index contributed by atoms with van der Waals surface area (Å²) >= 11 is 0. The molecule has 2 heterocycles. The van der Waals surface area contributed by atoms with Crippen molar-refractivity contribution in [3.8, 4) is 0 Å². The van der Waals surface area contributed by atoms with Gasteiger partial charge < -0.3 is 15.6 Å². The van der Waals surface area contributed by atoms with E-state index in [9.17, 15) is 4.79 Å². The van der Waals surface area contributed by atoms with E-state index in [4.69, 9.17) is 5.73 Å². The van der Waals surface area contributed by atoms with Gasteiger partial charge in [0.15, 0.2) is 0 Å². The zero-order chi connectivity index (χ0) is 13.0. The number of nitrogens with two attached hydrogens (primary N) is 1. The molecule has 0 saturated carbocycles. The van der Waals surface area contributed by atoms with Crippen LogP contribution >= 0.6 is 0 Å². The van der Waals surface area contributed by atoms with Gasteiger partial charge in [0.05, 0.1) is 0 Å². The first-order valence-corrected chi connectivity index (χ1v) is 5.53. The third kappa shape index (κ3) is 3.06. The van der Waals surface area contributed by atoms with Crippen LogP contribution in [0.15, 0.2) is 18.7 Å². The van der Waals surface area contributed by atoms with Crippen LogP contribution in [-0.2, 0) is 24.8 Å². The second-order valence-electron chi connectivity index (χ2n) is 3.85. The predicted octanol–water partition coefficient (Wildman–Crippen LogP) is -1.05. The molecule has 0 unspecified atom stereocenters. The number of aromatic nitrogens is 5. The smallest absolute Gasteiger partial charge is 0.241 e. The molecule has 0 radical (unpaired) electrons. The van der Waals surface area contributed by atoms with Crippen LogP contribution in [0.25, 0.3) is 0 Å². The number of aryl methyl sites for hydroxylation is 1. The lowest BCUT2D eigenvalue weighted by Crippen LogP contribution is -2.30. The molecule has 2 rings (SSSR count). The fourth-order valence-corrected chi connectivity index (χ4v) is 1.54. The number of carbonyl (C=O) groups excluding carboxylic acids is 1. The number of amides is 1. The molecule has 0 fully saturated rings. The van der Waals surface area contributed by atoms with Gasteiger partial charge in [0, 0.05) is 32.4 Å². The highest BCUT2D eigenvalue weighted by Gasteiger charge is 2.05. The first-order chi connectivity index (χ1) is 8.65. The number of anilines is 1.